The fourth-order valence-electron chi connectivity index (χ4n) is 3.09. The van der Waals surface area contributed by atoms with E-state index in [0.717, 1.165) is 37.7 Å². The molecule has 7 nitrogen and oxygen atoms in total. The number of hydrazine groups is 1. The third-order valence-corrected chi connectivity index (χ3v) is 4.72. The fourth-order valence-corrected chi connectivity index (χ4v) is 3.09. The van der Waals surface area contributed by atoms with E-state index in [1.54, 1.807) is 0 Å². The topological polar surface area (TPSA) is 96.5 Å². The van der Waals surface area contributed by atoms with E-state index in [0.29, 0.717) is 0 Å². The van der Waals surface area contributed by atoms with Crippen molar-refractivity contribution in [3.63, 3.8) is 0 Å². The quantitative estimate of drug-likeness (QED) is 0.666. The zero-order chi connectivity index (χ0) is 19.6. The van der Waals surface area contributed by atoms with Gasteiger partial charge < -0.3 is 10.1 Å². The van der Waals surface area contributed by atoms with Crippen molar-refractivity contribution in [1.82, 2.24) is 16.2 Å². The molecule has 0 radical (unpaired) electrons. The molecule has 3 N–H and O–H groups in total. The number of hydrogen-bond acceptors (Lipinski definition) is 4. The first-order chi connectivity index (χ1) is 13.0. The Balaban J connectivity index is 1.79. The van der Waals surface area contributed by atoms with Crippen molar-refractivity contribution >= 4 is 17.9 Å². The van der Waals surface area contributed by atoms with Crippen LogP contribution in [0.4, 0.5) is 4.79 Å². The first kappa shape index (κ1) is 20.7. The Labute approximate surface area is 160 Å². The summed E-state index contributed by atoms with van der Waals surface area (Å²) in [4.78, 5) is 36.5. The molecular weight excluding hydrogens is 346 g/mol. The molecule has 0 heterocycles. The van der Waals surface area contributed by atoms with Crippen LogP contribution in [0.25, 0.3) is 0 Å². The lowest BCUT2D eigenvalue weighted by Gasteiger charge is -2.24. The maximum absolute atomic E-state index is 12.4. The Morgan fingerprint density at radius 2 is 1.70 bits per heavy atom. The molecule has 2 rings (SSSR count). The van der Waals surface area contributed by atoms with Crippen LogP contribution in [0.15, 0.2) is 30.3 Å². The van der Waals surface area contributed by atoms with Gasteiger partial charge in [-0.1, -0.05) is 63.4 Å². The number of alkyl carbamates (subject to hydrolysis) is 1. The van der Waals surface area contributed by atoms with Gasteiger partial charge in [0.25, 0.3) is 5.91 Å². The minimum absolute atomic E-state index is 0.0552. The molecule has 0 aromatic heterocycles. The summed E-state index contributed by atoms with van der Waals surface area (Å²) in [6, 6.07) is 8.48. The van der Waals surface area contributed by atoms with Crippen molar-refractivity contribution in [2.75, 3.05) is 0 Å². The number of carbonyl (C=O) groups is 3. The Morgan fingerprint density at radius 3 is 2.33 bits per heavy atom. The first-order valence-corrected chi connectivity index (χ1v) is 9.54. The van der Waals surface area contributed by atoms with Crippen LogP contribution in [0.3, 0.4) is 0 Å². The Bertz CT molecular complexity index is 627. The third kappa shape index (κ3) is 6.92. The van der Waals surface area contributed by atoms with Crippen molar-refractivity contribution in [2.24, 2.45) is 11.8 Å². The summed E-state index contributed by atoms with van der Waals surface area (Å²) < 4.78 is 5.16. The molecule has 1 aromatic rings. The standard InChI is InChI=1S/C20H29N3O4/c1-14(2)17(21-20(26)27-13-15-9-5-3-6-10-15)19(25)23-22-18(24)16-11-7-4-8-12-16/h3,5-6,9-10,14,16-17H,4,7-8,11-13H2,1-2H3,(H,21,26)(H,22,24)(H,23,25)/t17-/m0/s1. The average Bonchev–Trinajstić information content (AvgIpc) is 2.69. The van der Waals surface area contributed by atoms with Gasteiger partial charge in [-0.3, -0.25) is 20.4 Å². The van der Waals surface area contributed by atoms with Crippen LogP contribution in [0, 0.1) is 11.8 Å². The molecule has 1 atom stereocenters. The summed E-state index contributed by atoms with van der Waals surface area (Å²) in [6.07, 6.45) is 4.25. The molecule has 148 valence electrons. The number of rotatable bonds is 6. The van der Waals surface area contributed by atoms with Crippen molar-refractivity contribution < 1.29 is 19.1 Å². The van der Waals surface area contributed by atoms with Crippen LogP contribution >= 0.6 is 0 Å². The van der Waals surface area contributed by atoms with E-state index in [4.69, 9.17) is 4.74 Å². The van der Waals surface area contributed by atoms with E-state index in [1.165, 1.54) is 0 Å². The second-order valence-electron chi connectivity index (χ2n) is 7.24. The second kappa shape index (κ2) is 10.5. The van der Waals surface area contributed by atoms with Crippen LogP contribution in [0.2, 0.25) is 0 Å². The molecule has 1 aromatic carbocycles. The van der Waals surface area contributed by atoms with Gasteiger partial charge in [-0.25, -0.2) is 4.79 Å². The van der Waals surface area contributed by atoms with Crippen LogP contribution in [0.1, 0.15) is 51.5 Å². The zero-order valence-corrected chi connectivity index (χ0v) is 16.0. The highest BCUT2D eigenvalue weighted by atomic mass is 16.5. The molecule has 0 spiro atoms. The molecule has 0 aliphatic heterocycles. The van der Waals surface area contributed by atoms with Gasteiger partial charge in [0.15, 0.2) is 0 Å². The molecule has 1 fully saturated rings. The van der Waals surface area contributed by atoms with Gasteiger partial charge in [-0.15, -0.1) is 0 Å². The molecule has 27 heavy (non-hydrogen) atoms. The normalized spacial score (nSPS) is 15.7. The molecule has 0 bridgehead atoms. The lowest BCUT2D eigenvalue weighted by atomic mass is 9.89. The Kier molecular flexibility index (Phi) is 8.10. The van der Waals surface area contributed by atoms with Crippen molar-refractivity contribution in [3.05, 3.63) is 35.9 Å². The van der Waals surface area contributed by atoms with E-state index < -0.39 is 18.0 Å². The molecule has 1 aliphatic rings. The zero-order valence-electron chi connectivity index (χ0n) is 16.0. The Hall–Kier alpha value is -2.57. The predicted molar refractivity (Wildman–Crippen MR) is 101 cm³/mol. The van der Waals surface area contributed by atoms with E-state index in [2.05, 4.69) is 16.2 Å². The number of amides is 3. The predicted octanol–water partition coefficient (Wildman–Crippen LogP) is 2.67. The highest BCUT2D eigenvalue weighted by molar-refractivity contribution is 5.88. The largest absolute Gasteiger partial charge is 0.445 e. The van der Waals surface area contributed by atoms with Gasteiger partial charge in [0.1, 0.15) is 12.6 Å². The van der Waals surface area contributed by atoms with Gasteiger partial charge in [-0.05, 0) is 24.3 Å². The van der Waals surface area contributed by atoms with E-state index in [1.807, 2.05) is 44.2 Å². The van der Waals surface area contributed by atoms with Gasteiger partial charge in [0.2, 0.25) is 5.91 Å². The number of carbonyl (C=O) groups excluding carboxylic acids is 3. The fraction of sp³-hybridized carbons (Fsp3) is 0.550. The summed E-state index contributed by atoms with van der Waals surface area (Å²) in [5, 5.41) is 2.57. The smallest absolute Gasteiger partial charge is 0.408 e. The lowest BCUT2D eigenvalue weighted by Crippen LogP contribution is -2.55. The second-order valence-corrected chi connectivity index (χ2v) is 7.24. The Morgan fingerprint density at radius 1 is 1.04 bits per heavy atom. The van der Waals surface area contributed by atoms with Crippen LogP contribution in [-0.4, -0.2) is 23.9 Å². The van der Waals surface area contributed by atoms with Crippen LogP contribution in [-0.2, 0) is 20.9 Å². The maximum Gasteiger partial charge on any atom is 0.408 e. The van der Waals surface area contributed by atoms with Crippen LogP contribution in [0.5, 0.6) is 0 Å². The lowest BCUT2D eigenvalue weighted by molar-refractivity contribution is -0.133. The number of nitrogens with one attached hydrogen (secondary N) is 3. The van der Waals surface area contributed by atoms with Gasteiger partial charge in [-0.2, -0.15) is 0 Å². The summed E-state index contributed by atoms with van der Waals surface area (Å²) in [6.45, 7) is 3.74. The molecule has 1 aliphatic carbocycles. The SMILES string of the molecule is CC(C)[C@H](NC(=O)OCc1ccccc1)C(=O)NNC(=O)C1CCCCC1. The summed E-state index contributed by atoms with van der Waals surface area (Å²) in [5.74, 6) is -0.857. The molecule has 7 heteroatoms. The van der Waals surface area contributed by atoms with E-state index in [-0.39, 0.29) is 24.3 Å². The summed E-state index contributed by atoms with van der Waals surface area (Å²) in [5.41, 5.74) is 5.78. The van der Waals surface area contributed by atoms with Gasteiger partial charge in [0.05, 0.1) is 0 Å². The summed E-state index contributed by atoms with van der Waals surface area (Å²) >= 11 is 0. The molecule has 0 saturated heterocycles. The van der Waals surface area contributed by atoms with Gasteiger partial charge >= 0.3 is 6.09 Å². The molecule has 1 saturated carbocycles. The third-order valence-electron chi connectivity index (χ3n) is 4.72. The number of ether oxygens (including phenoxy) is 1. The maximum atomic E-state index is 12.4. The number of benzene rings is 1. The van der Waals surface area contributed by atoms with E-state index >= 15 is 0 Å². The average molecular weight is 375 g/mol. The number of hydrogen-bond donors (Lipinski definition) is 3. The van der Waals surface area contributed by atoms with Crippen molar-refractivity contribution in [3.8, 4) is 0 Å². The molecule has 3 amide bonds. The molecule has 0 unspecified atom stereocenters. The minimum Gasteiger partial charge on any atom is -0.445 e. The summed E-state index contributed by atoms with van der Waals surface area (Å²) in [7, 11) is 0. The molecular formula is C20H29N3O4. The first-order valence-electron chi connectivity index (χ1n) is 9.54. The van der Waals surface area contributed by atoms with Crippen molar-refractivity contribution in [1.29, 1.82) is 0 Å². The highest BCUT2D eigenvalue weighted by Gasteiger charge is 2.27. The minimum atomic E-state index is -0.806. The van der Waals surface area contributed by atoms with Gasteiger partial charge in [0, 0.05) is 5.92 Å². The van der Waals surface area contributed by atoms with Crippen LogP contribution < -0.4 is 16.2 Å². The van der Waals surface area contributed by atoms with Crippen molar-refractivity contribution in [2.45, 2.75) is 58.6 Å². The monoisotopic (exact) mass is 375 g/mol. The highest BCUT2D eigenvalue weighted by Crippen LogP contribution is 2.23. The van der Waals surface area contributed by atoms with E-state index in [9.17, 15) is 14.4 Å².